The van der Waals surface area contributed by atoms with Gasteiger partial charge in [0.05, 0.1) is 0 Å². The Balaban J connectivity index is 1.46. The zero-order chi connectivity index (χ0) is 15.9. The highest BCUT2D eigenvalue weighted by Crippen LogP contribution is 2.59. The Morgan fingerprint density at radius 3 is 2.68 bits per heavy atom. The molecule has 1 N–H and O–H groups in total. The Labute approximate surface area is 132 Å². The van der Waals surface area contributed by atoms with Crippen LogP contribution in [0.15, 0.2) is 11.6 Å². The molecule has 4 rings (SSSR count). The van der Waals surface area contributed by atoms with Crippen LogP contribution in [0, 0.1) is 23.2 Å². The average Bonchev–Trinajstić information content (AvgIpc) is 2.42. The molecule has 4 aliphatic carbocycles. The second-order valence-electron chi connectivity index (χ2n) is 7.79. The van der Waals surface area contributed by atoms with Crippen molar-refractivity contribution in [1.29, 1.82) is 0 Å². The molecule has 4 heteroatoms. The minimum atomic E-state index is -0.556. The monoisotopic (exact) mass is 305 g/mol. The molecule has 0 aliphatic heterocycles. The van der Waals surface area contributed by atoms with E-state index >= 15 is 0 Å². The summed E-state index contributed by atoms with van der Waals surface area (Å²) in [5, 5.41) is 2.77. The topological polar surface area (TPSA) is 55.4 Å². The van der Waals surface area contributed by atoms with Gasteiger partial charge in [0.25, 0.3) is 0 Å². The standard InChI is InChI=1S/C18H27NO3/c1-11(19-16(20)12-5-4-6-12)17(21)22-10-13-7-8-14-9-15(13)18(14,2)3/h7,11-12,14-15H,4-6,8-10H2,1-3H3,(H,19,20)/t11?,14-,15-/m0/s1. The van der Waals surface area contributed by atoms with Gasteiger partial charge in [-0.1, -0.05) is 26.3 Å². The van der Waals surface area contributed by atoms with Crippen molar-refractivity contribution in [2.45, 2.75) is 58.9 Å². The van der Waals surface area contributed by atoms with Crippen LogP contribution in [-0.4, -0.2) is 24.5 Å². The fraction of sp³-hybridized carbons (Fsp3) is 0.778. The lowest BCUT2D eigenvalue weighted by molar-refractivity contribution is -0.148. The fourth-order valence-electron chi connectivity index (χ4n) is 3.98. The van der Waals surface area contributed by atoms with Crippen molar-refractivity contribution >= 4 is 11.9 Å². The molecular formula is C18H27NO3. The Morgan fingerprint density at radius 2 is 2.14 bits per heavy atom. The third-order valence-electron chi connectivity index (χ3n) is 6.15. The summed E-state index contributed by atoms with van der Waals surface area (Å²) in [5.74, 6) is 1.11. The number of carbonyl (C=O) groups is 2. The van der Waals surface area contributed by atoms with E-state index in [2.05, 4.69) is 25.2 Å². The smallest absolute Gasteiger partial charge is 0.328 e. The molecule has 2 fully saturated rings. The summed E-state index contributed by atoms with van der Waals surface area (Å²) in [6, 6.07) is -0.556. The first-order chi connectivity index (χ1) is 10.4. The van der Waals surface area contributed by atoms with E-state index in [4.69, 9.17) is 4.74 Å². The molecule has 0 aromatic rings. The van der Waals surface area contributed by atoms with Gasteiger partial charge in [0.1, 0.15) is 12.6 Å². The van der Waals surface area contributed by atoms with Gasteiger partial charge in [-0.2, -0.15) is 0 Å². The third-order valence-corrected chi connectivity index (χ3v) is 6.15. The zero-order valence-electron chi connectivity index (χ0n) is 13.9. The molecule has 1 amide bonds. The molecule has 22 heavy (non-hydrogen) atoms. The van der Waals surface area contributed by atoms with Crippen LogP contribution in [0.5, 0.6) is 0 Å². The number of amides is 1. The number of ether oxygens (including phenoxy) is 1. The number of nitrogens with one attached hydrogen (secondary N) is 1. The molecule has 2 saturated carbocycles. The van der Waals surface area contributed by atoms with Crippen LogP contribution >= 0.6 is 0 Å². The van der Waals surface area contributed by atoms with Gasteiger partial charge in [0.15, 0.2) is 0 Å². The molecule has 4 aliphatic rings. The second-order valence-corrected chi connectivity index (χ2v) is 7.79. The molecule has 4 nitrogen and oxygen atoms in total. The van der Waals surface area contributed by atoms with Crippen molar-refractivity contribution < 1.29 is 14.3 Å². The molecule has 2 bridgehead atoms. The van der Waals surface area contributed by atoms with Crippen molar-refractivity contribution in [1.82, 2.24) is 5.32 Å². The lowest BCUT2D eigenvalue weighted by Gasteiger charge is -2.56. The van der Waals surface area contributed by atoms with Gasteiger partial charge >= 0.3 is 5.97 Å². The number of esters is 1. The Hall–Kier alpha value is -1.32. The van der Waals surface area contributed by atoms with Crippen LogP contribution in [-0.2, 0) is 14.3 Å². The highest BCUT2D eigenvalue weighted by molar-refractivity contribution is 5.85. The van der Waals surface area contributed by atoms with E-state index < -0.39 is 6.04 Å². The lowest BCUT2D eigenvalue weighted by Crippen LogP contribution is -2.49. The van der Waals surface area contributed by atoms with E-state index in [1.807, 2.05) is 0 Å². The van der Waals surface area contributed by atoms with Crippen LogP contribution < -0.4 is 5.32 Å². The minimum Gasteiger partial charge on any atom is -0.460 e. The number of carbonyl (C=O) groups excluding carboxylic acids is 2. The molecule has 0 aromatic heterocycles. The fourth-order valence-corrected chi connectivity index (χ4v) is 3.98. The van der Waals surface area contributed by atoms with E-state index in [0.717, 1.165) is 31.6 Å². The summed E-state index contributed by atoms with van der Waals surface area (Å²) in [6.45, 7) is 6.70. The highest BCUT2D eigenvalue weighted by atomic mass is 16.5. The molecule has 122 valence electrons. The van der Waals surface area contributed by atoms with Gasteiger partial charge in [-0.3, -0.25) is 4.79 Å². The molecular weight excluding hydrogens is 278 g/mol. The Kier molecular flexibility index (Phi) is 4.04. The molecule has 0 aromatic carbocycles. The maximum Gasteiger partial charge on any atom is 0.328 e. The predicted octanol–water partition coefficient (Wildman–Crippen LogP) is 2.83. The van der Waals surface area contributed by atoms with E-state index in [1.54, 1.807) is 6.92 Å². The third kappa shape index (κ3) is 2.68. The summed E-state index contributed by atoms with van der Waals surface area (Å²) in [6.07, 6.45) is 7.57. The van der Waals surface area contributed by atoms with Crippen LogP contribution in [0.1, 0.15) is 52.9 Å². The normalized spacial score (nSPS) is 30.4. The van der Waals surface area contributed by atoms with Crippen molar-refractivity contribution in [2.24, 2.45) is 23.2 Å². The van der Waals surface area contributed by atoms with Crippen molar-refractivity contribution in [3.05, 3.63) is 11.6 Å². The van der Waals surface area contributed by atoms with Crippen molar-refractivity contribution in [3.8, 4) is 0 Å². The zero-order valence-corrected chi connectivity index (χ0v) is 13.9. The van der Waals surface area contributed by atoms with Gasteiger partial charge in [0.2, 0.25) is 5.91 Å². The number of hydrogen-bond acceptors (Lipinski definition) is 3. The lowest BCUT2D eigenvalue weighted by atomic mass is 9.49. The summed E-state index contributed by atoms with van der Waals surface area (Å²) >= 11 is 0. The van der Waals surface area contributed by atoms with Crippen molar-refractivity contribution in [3.63, 3.8) is 0 Å². The van der Waals surface area contributed by atoms with E-state index in [9.17, 15) is 9.59 Å². The molecule has 0 saturated heterocycles. The average molecular weight is 305 g/mol. The van der Waals surface area contributed by atoms with Gasteiger partial charge < -0.3 is 10.1 Å². The first-order valence-electron chi connectivity index (χ1n) is 8.55. The van der Waals surface area contributed by atoms with Gasteiger partial charge in [-0.15, -0.1) is 0 Å². The Bertz CT molecular complexity index is 504. The maximum atomic E-state index is 12.1. The molecule has 3 atom stereocenters. The van der Waals surface area contributed by atoms with Crippen LogP contribution in [0.25, 0.3) is 0 Å². The van der Waals surface area contributed by atoms with E-state index in [1.165, 1.54) is 12.0 Å². The van der Waals surface area contributed by atoms with Crippen LogP contribution in [0.3, 0.4) is 0 Å². The van der Waals surface area contributed by atoms with Gasteiger partial charge in [-0.25, -0.2) is 4.79 Å². The summed E-state index contributed by atoms with van der Waals surface area (Å²) in [5.41, 5.74) is 1.61. The number of hydrogen-bond donors (Lipinski definition) is 1. The number of fused-ring (bicyclic) bond motifs is 1. The van der Waals surface area contributed by atoms with Gasteiger partial charge in [-0.05, 0) is 55.4 Å². The summed E-state index contributed by atoms with van der Waals surface area (Å²) < 4.78 is 5.44. The first-order valence-corrected chi connectivity index (χ1v) is 8.55. The molecule has 0 heterocycles. The number of rotatable bonds is 5. The maximum absolute atomic E-state index is 12.1. The molecule has 1 unspecified atom stereocenters. The Morgan fingerprint density at radius 1 is 1.41 bits per heavy atom. The number of allylic oxidation sites excluding steroid dienone is 1. The minimum absolute atomic E-state index is 0.00412. The van der Waals surface area contributed by atoms with Crippen LogP contribution in [0.4, 0.5) is 0 Å². The summed E-state index contributed by atoms with van der Waals surface area (Å²) in [7, 11) is 0. The SMILES string of the molecule is CC(NC(=O)C1CCC1)C(=O)OCC1=CC[C@H]2C[C@@H]1C2(C)C. The molecule has 0 radical (unpaired) electrons. The largest absolute Gasteiger partial charge is 0.460 e. The van der Waals surface area contributed by atoms with Crippen LogP contribution in [0.2, 0.25) is 0 Å². The quantitative estimate of drug-likeness (QED) is 0.627. The van der Waals surface area contributed by atoms with Crippen molar-refractivity contribution in [2.75, 3.05) is 6.61 Å². The van der Waals surface area contributed by atoms with E-state index in [0.29, 0.717) is 17.9 Å². The van der Waals surface area contributed by atoms with E-state index in [-0.39, 0.29) is 17.8 Å². The summed E-state index contributed by atoms with van der Waals surface area (Å²) in [4.78, 5) is 23.9. The second kappa shape index (κ2) is 5.71. The molecule has 0 spiro atoms. The first kappa shape index (κ1) is 15.6. The van der Waals surface area contributed by atoms with Gasteiger partial charge in [0, 0.05) is 5.92 Å². The highest BCUT2D eigenvalue weighted by Gasteiger charge is 2.51. The predicted molar refractivity (Wildman–Crippen MR) is 84.0 cm³/mol.